The fourth-order valence-corrected chi connectivity index (χ4v) is 5.87. The summed E-state index contributed by atoms with van der Waals surface area (Å²) in [4.78, 5) is 27.2. The Morgan fingerprint density at radius 1 is 1.22 bits per heavy atom. The first-order valence-electron chi connectivity index (χ1n) is 12.5. The fraction of sp³-hybridized carbons (Fsp3) is 0.481. The number of nitrogens with zero attached hydrogens (tertiary/aromatic N) is 5. The molecule has 9 heteroatoms. The number of ether oxygens (including phenoxy) is 1. The molecule has 0 radical (unpaired) electrons. The fourth-order valence-electron chi connectivity index (χ4n) is 5.40. The maximum Gasteiger partial charge on any atom is 0.272 e. The van der Waals surface area contributed by atoms with Crippen molar-refractivity contribution >= 4 is 40.4 Å². The number of aryl methyl sites for hydroxylation is 1. The number of rotatable bonds is 7. The lowest BCUT2D eigenvalue weighted by atomic mass is 9.75. The lowest BCUT2D eigenvalue weighted by Gasteiger charge is -2.43. The van der Waals surface area contributed by atoms with Crippen molar-refractivity contribution in [3.8, 4) is 5.75 Å². The molecule has 5 rings (SSSR count). The van der Waals surface area contributed by atoms with Crippen LogP contribution in [0.25, 0.3) is 4.85 Å². The van der Waals surface area contributed by atoms with E-state index in [1.165, 1.54) is 0 Å². The van der Waals surface area contributed by atoms with E-state index in [1.54, 1.807) is 17.2 Å². The third kappa shape index (κ3) is 4.33. The van der Waals surface area contributed by atoms with Crippen LogP contribution in [0, 0.1) is 13.5 Å². The number of likely N-dealkylation sites (tertiary alicyclic amines) is 1. The average molecular weight is 508 g/mol. The van der Waals surface area contributed by atoms with Gasteiger partial charge in [-0.2, -0.15) is 0 Å². The number of amides is 1. The van der Waals surface area contributed by atoms with Crippen LogP contribution in [0.15, 0.2) is 36.5 Å². The van der Waals surface area contributed by atoms with Gasteiger partial charge in [-0.15, -0.1) is 4.98 Å². The van der Waals surface area contributed by atoms with Gasteiger partial charge in [0.15, 0.2) is 5.11 Å². The second-order valence-electron chi connectivity index (χ2n) is 9.78. The topological polar surface area (TPSA) is 53.3 Å². The molecule has 2 aromatic rings. The van der Waals surface area contributed by atoms with E-state index in [0.29, 0.717) is 28.6 Å². The van der Waals surface area contributed by atoms with E-state index in [4.69, 9.17) is 23.5 Å². The molecule has 1 aromatic heterocycles. The highest BCUT2D eigenvalue weighted by Crippen LogP contribution is 2.48. The van der Waals surface area contributed by atoms with E-state index >= 15 is 0 Å². The second kappa shape index (κ2) is 10.1. The molecule has 3 heterocycles. The number of pyridine rings is 1. The molecule has 3 fully saturated rings. The van der Waals surface area contributed by atoms with Gasteiger partial charge in [-0.05, 0) is 93.6 Å². The van der Waals surface area contributed by atoms with Crippen molar-refractivity contribution in [3.05, 3.63) is 53.5 Å². The van der Waals surface area contributed by atoms with Crippen LogP contribution in [-0.4, -0.2) is 58.9 Å². The summed E-state index contributed by atoms with van der Waals surface area (Å²) in [5.74, 6) is 1.09. The monoisotopic (exact) mass is 507 g/mol. The number of thiocarbonyl (C=S) groups is 1. The number of alkyl halides is 1. The molecule has 36 heavy (non-hydrogen) atoms. The van der Waals surface area contributed by atoms with Crippen LogP contribution in [0.3, 0.4) is 0 Å². The molecule has 1 saturated carbocycles. The van der Waals surface area contributed by atoms with Gasteiger partial charge in [0.25, 0.3) is 11.7 Å². The summed E-state index contributed by atoms with van der Waals surface area (Å²) < 4.78 is 18.7. The van der Waals surface area contributed by atoms with E-state index in [1.807, 2.05) is 36.1 Å². The summed E-state index contributed by atoms with van der Waals surface area (Å²) in [5, 5.41) is 0.436. The van der Waals surface area contributed by atoms with E-state index in [0.717, 1.165) is 63.2 Å². The van der Waals surface area contributed by atoms with Gasteiger partial charge >= 0.3 is 0 Å². The Hall–Kier alpha value is -3.09. The number of carbonyl (C=O) groups is 1. The number of anilines is 2. The summed E-state index contributed by atoms with van der Waals surface area (Å²) in [6.07, 6.45) is 6.61. The van der Waals surface area contributed by atoms with E-state index in [2.05, 4.69) is 14.7 Å². The number of hydrogen-bond donors (Lipinski definition) is 0. The highest BCUT2D eigenvalue weighted by Gasteiger charge is 2.59. The lowest BCUT2D eigenvalue weighted by Crippen LogP contribution is -2.55. The Bertz CT molecular complexity index is 1190. The largest absolute Gasteiger partial charge is 0.490 e. The second-order valence-corrected chi connectivity index (χ2v) is 10.1. The molecule has 7 nitrogen and oxygen atoms in total. The predicted octanol–water partition coefficient (Wildman–Crippen LogP) is 5.20. The first-order valence-corrected chi connectivity index (χ1v) is 13.0. The molecule has 0 N–H and O–H groups in total. The first-order chi connectivity index (χ1) is 17.5. The van der Waals surface area contributed by atoms with Crippen molar-refractivity contribution in [1.82, 2.24) is 9.88 Å². The van der Waals surface area contributed by atoms with Gasteiger partial charge in [0.05, 0.1) is 12.4 Å². The molecule has 1 amide bonds. The van der Waals surface area contributed by atoms with Gasteiger partial charge in [-0.1, -0.05) is 6.57 Å². The first kappa shape index (κ1) is 24.6. The molecule has 1 spiro atoms. The normalized spacial score (nSPS) is 20.0. The Kier molecular flexibility index (Phi) is 6.91. The summed E-state index contributed by atoms with van der Waals surface area (Å²) in [6.45, 7) is 11.5. The van der Waals surface area contributed by atoms with Gasteiger partial charge in [0.2, 0.25) is 0 Å². The molecule has 0 unspecified atom stereocenters. The van der Waals surface area contributed by atoms with E-state index in [-0.39, 0.29) is 18.7 Å². The predicted molar refractivity (Wildman–Crippen MR) is 142 cm³/mol. The number of halogens is 1. The molecule has 188 valence electrons. The molecule has 0 atom stereocenters. The molecular formula is C27H30FN5O2S. The zero-order valence-electron chi connectivity index (χ0n) is 20.5. The van der Waals surface area contributed by atoms with Gasteiger partial charge in [-0.3, -0.25) is 14.1 Å². The standard InChI is InChI=1S/C27H30FN5O2S/c1-19-17-21(18-30-24(19)29-2)32-25(34)27(11-3-12-27)33(26(32)36)20-5-7-22(8-6-20)35-23-9-15-31(16-10-23)14-4-13-28/h5-8,17-18,23H,3-4,9-16H2,1H3. The zero-order valence-corrected chi connectivity index (χ0v) is 21.3. The van der Waals surface area contributed by atoms with Crippen LogP contribution in [0.1, 0.15) is 44.1 Å². The number of benzene rings is 1. The number of piperidine rings is 1. The van der Waals surface area contributed by atoms with Crippen molar-refractivity contribution in [1.29, 1.82) is 0 Å². The van der Waals surface area contributed by atoms with Crippen molar-refractivity contribution in [2.24, 2.45) is 0 Å². The molecule has 0 bridgehead atoms. The van der Waals surface area contributed by atoms with Crippen LogP contribution in [0.2, 0.25) is 0 Å². The van der Waals surface area contributed by atoms with Crippen LogP contribution < -0.4 is 14.5 Å². The van der Waals surface area contributed by atoms with E-state index in [9.17, 15) is 9.18 Å². The Morgan fingerprint density at radius 2 is 1.94 bits per heavy atom. The Morgan fingerprint density at radius 3 is 2.53 bits per heavy atom. The summed E-state index contributed by atoms with van der Waals surface area (Å²) >= 11 is 5.84. The summed E-state index contributed by atoms with van der Waals surface area (Å²) in [5.41, 5.74) is 1.51. The number of carbonyl (C=O) groups excluding carboxylic acids is 1. The molecule has 2 aliphatic heterocycles. The van der Waals surface area contributed by atoms with Gasteiger partial charge in [0.1, 0.15) is 23.6 Å². The highest BCUT2D eigenvalue weighted by atomic mass is 32.1. The molecule has 3 aliphatic rings. The van der Waals surface area contributed by atoms with Crippen molar-refractivity contribution in [2.75, 3.05) is 36.1 Å². The minimum atomic E-state index is -0.668. The smallest absolute Gasteiger partial charge is 0.272 e. The molecule has 1 aromatic carbocycles. The van der Waals surface area contributed by atoms with Crippen LogP contribution >= 0.6 is 12.2 Å². The van der Waals surface area contributed by atoms with Crippen LogP contribution in [-0.2, 0) is 4.79 Å². The van der Waals surface area contributed by atoms with Crippen LogP contribution in [0.5, 0.6) is 5.75 Å². The highest BCUT2D eigenvalue weighted by molar-refractivity contribution is 7.81. The molecular weight excluding hydrogens is 477 g/mol. The minimum Gasteiger partial charge on any atom is -0.490 e. The Labute approximate surface area is 216 Å². The maximum absolute atomic E-state index is 13.7. The quantitative estimate of drug-likeness (QED) is 0.379. The van der Waals surface area contributed by atoms with Crippen molar-refractivity contribution in [2.45, 2.75) is 57.1 Å². The summed E-state index contributed by atoms with van der Waals surface area (Å²) in [6, 6.07) is 9.65. The van der Waals surface area contributed by atoms with E-state index < -0.39 is 5.54 Å². The third-order valence-electron chi connectivity index (χ3n) is 7.53. The molecule has 2 saturated heterocycles. The number of aromatic nitrogens is 1. The van der Waals surface area contributed by atoms with Gasteiger partial charge in [-0.25, -0.2) is 0 Å². The van der Waals surface area contributed by atoms with Crippen molar-refractivity contribution in [3.63, 3.8) is 0 Å². The zero-order chi connectivity index (χ0) is 25.3. The van der Waals surface area contributed by atoms with Gasteiger partial charge < -0.3 is 19.4 Å². The SMILES string of the molecule is [C-]#[N+]c1ncc(N2C(=O)C3(CCC3)N(c3ccc(OC4CCN(CCCF)CC4)cc3)C2=S)cc1C. The average Bonchev–Trinajstić information content (AvgIpc) is 3.10. The molecule has 1 aliphatic carbocycles. The third-order valence-corrected chi connectivity index (χ3v) is 7.90. The van der Waals surface area contributed by atoms with Crippen molar-refractivity contribution < 1.29 is 13.9 Å². The van der Waals surface area contributed by atoms with Gasteiger partial charge in [0, 0.05) is 25.3 Å². The maximum atomic E-state index is 13.7. The lowest BCUT2D eigenvalue weighted by molar-refractivity contribution is -0.123. The van der Waals surface area contributed by atoms with Crippen LogP contribution in [0.4, 0.5) is 21.6 Å². The minimum absolute atomic E-state index is 0.0321. The summed E-state index contributed by atoms with van der Waals surface area (Å²) in [7, 11) is 0. The number of hydrogen-bond acceptors (Lipinski definition) is 5. The Balaban J connectivity index is 1.31.